The average Bonchev–Trinajstić information content (AvgIpc) is 3.15. The fraction of sp³-hybridized carbons (Fsp3) is 0.182. The monoisotopic (exact) mass is 454 g/mol. The first-order chi connectivity index (χ1) is 16.8. The predicted octanol–water partition coefficient (Wildman–Crippen LogP) is 8.83. The van der Waals surface area contributed by atoms with Gasteiger partial charge in [0.15, 0.2) is 0 Å². The Labute approximate surface area is 206 Å². The van der Waals surface area contributed by atoms with Gasteiger partial charge in [-0.1, -0.05) is 66.2 Å². The van der Waals surface area contributed by atoms with Gasteiger partial charge in [0.2, 0.25) is 0 Å². The lowest BCUT2D eigenvalue weighted by molar-refractivity contribution is 1.22. The molecule has 6 rings (SSSR count). The summed E-state index contributed by atoms with van der Waals surface area (Å²) in [5.41, 5.74) is 14.9. The molecule has 0 unspecified atom stereocenters. The second-order valence-corrected chi connectivity index (χ2v) is 10.0. The van der Waals surface area contributed by atoms with Crippen LogP contribution in [0.25, 0.3) is 49.7 Å². The number of fused-ring (bicyclic) bond motifs is 6. The van der Waals surface area contributed by atoms with Gasteiger partial charge in [0.05, 0.1) is 16.9 Å². The highest BCUT2D eigenvalue weighted by atomic mass is 15.0. The summed E-state index contributed by atoms with van der Waals surface area (Å²) in [6, 6.07) is 26.7. The van der Waals surface area contributed by atoms with E-state index in [-0.39, 0.29) is 0 Å². The Morgan fingerprint density at radius 3 is 1.91 bits per heavy atom. The highest BCUT2D eigenvalue weighted by Gasteiger charge is 2.20. The maximum Gasteiger partial charge on any atom is 0.145 e. The smallest absolute Gasteiger partial charge is 0.145 e. The number of hydrogen-bond donors (Lipinski definition) is 0. The number of rotatable bonds is 2. The minimum atomic E-state index is 1.03. The molecule has 0 saturated carbocycles. The van der Waals surface area contributed by atoms with E-state index in [9.17, 15) is 0 Å². The largest absolute Gasteiger partial charge is 0.291 e. The molecule has 0 N–H and O–H groups in total. The minimum absolute atomic E-state index is 1.03. The zero-order valence-electron chi connectivity index (χ0n) is 21.3. The molecule has 2 heteroatoms. The van der Waals surface area contributed by atoms with E-state index in [0.29, 0.717) is 0 Å². The molecule has 2 aromatic heterocycles. The molecule has 2 nitrogen and oxygen atoms in total. The summed E-state index contributed by atoms with van der Waals surface area (Å²) in [5.74, 6) is 0. The molecular formula is C33H30N2. The van der Waals surface area contributed by atoms with Crippen molar-refractivity contribution < 1.29 is 0 Å². The Bertz CT molecular complexity index is 1760. The van der Waals surface area contributed by atoms with Crippen LogP contribution in [0, 0.1) is 41.5 Å². The summed E-state index contributed by atoms with van der Waals surface area (Å²) in [5, 5.41) is 3.70. The molecule has 0 fully saturated rings. The molecule has 2 heterocycles. The van der Waals surface area contributed by atoms with Gasteiger partial charge in [0.1, 0.15) is 5.65 Å². The third-order valence-corrected chi connectivity index (χ3v) is 7.43. The van der Waals surface area contributed by atoms with Crippen LogP contribution in [-0.4, -0.2) is 9.38 Å². The zero-order valence-corrected chi connectivity index (χ0v) is 21.3. The van der Waals surface area contributed by atoms with Gasteiger partial charge in [0.25, 0.3) is 0 Å². The molecule has 0 radical (unpaired) electrons. The molecule has 172 valence electrons. The molecule has 0 spiro atoms. The van der Waals surface area contributed by atoms with Crippen LogP contribution in [0.4, 0.5) is 0 Å². The molecular weight excluding hydrogens is 424 g/mol. The topological polar surface area (TPSA) is 17.3 Å². The third kappa shape index (κ3) is 3.20. The van der Waals surface area contributed by atoms with Crippen LogP contribution < -0.4 is 0 Å². The maximum atomic E-state index is 5.14. The van der Waals surface area contributed by atoms with Crippen molar-refractivity contribution in [3.05, 3.63) is 106 Å². The van der Waals surface area contributed by atoms with E-state index >= 15 is 0 Å². The first-order valence-electron chi connectivity index (χ1n) is 12.3. The molecule has 0 aliphatic rings. The van der Waals surface area contributed by atoms with Crippen molar-refractivity contribution in [3.63, 3.8) is 0 Å². The normalized spacial score (nSPS) is 11.7. The Balaban J connectivity index is 1.79. The van der Waals surface area contributed by atoms with Crippen LogP contribution in [0.2, 0.25) is 0 Å². The van der Waals surface area contributed by atoms with Crippen LogP contribution in [0.15, 0.2) is 72.8 Å². The van der Waals surface area contributed by atoms with Gasteiger partial charge < -0.3 is 0 Å². The van der Waals surface area contributed by atoms with E-state index in [2.05, 4.69) is 119 Å². The Morgan fingerprint density at radius 2 is 1.23 bits per heavy atom. The number of pyridine rings is 1. The third-order valence-electron chi connectivity index (χ3n) is 7.43. The number of nitrogens with zero attached hydrogens (tertiary/aromatic N) is 2. The molecule has 0 aliphatic carbocycles. The quantitative estimate of drug-likeness (QED) is 0.239. The van der Waals surface area contributed by atoms with E-state index in [0.717, 1.165) is 11.3 Å². The van der Waals surface area contributed by atoms with Gasteiger partial charge in [-0.15, -0.1) is 0 Å². The Kier molecular flexibility index (Phi) is 4.82. The van der Waals surface area contributed by atoms with Gasteiger partial charge in [0, 0.05) is 16.3 Å². The number of benzene rings is 4. The molecule has 0 atom stereocenters. The number of imidazole rings is 1. The standard InChI is InChI=1S/C33H30N2/c1-19-16-22(4)31(23(5)17-19)32-24(6)34-33-27-13-8-7-12-26(27)28-18-25(14-15-29(28)35(32)33)30-20(2)10-9-11-21(30)3/h7-18H,1-6H3. The van der Waals surface area contributed by atoms with E-state index < -0.39 is 0 Å². The number of hydrogen-bond acceptors (Lipinski definition) is 1. The highest BCUT2D eigenvalue weighted by Crippen LogP contribution is 2.39. The predicted molar refractivity (Wildman–Crippen MR) is 149 cm³/mol. The maximum absolute atomic E-state index is 5.14. The van der Waals surface area contributed by atoms with Crippen molar-refractivity contribution in [3.8, 4) is 22.4 Å². The van der Waals surface area contributed by atoms with Crippen LogP contribution in [0.5, 0.6) is 0 Å². The second kappa shape index (κ2) is 7.81. The Morgan fingerprint density at radius 1 is 0.571 bits per heavy atom. The van der Waals surface area contributed by atoms with E-state index in [4.69, 9.17) is 4.98 Å². The number of aromatic nitrogens is 2. The first kappa shape index (κ1) is 21.6. The van der Waals surface area contributed by atoms with Crippen molar-refractivity contribution in [2.45, 2.75) is 41.5 Å². The Hall–Kier alpha value is -3.91. The lowest BCUT2D eigenvalue weighted by Crippen LogP contribution is -1.98. The van der Waals surface area contributed by atoms with Gasteiger partial charge in [-0.3, -0.25) is 4.40 Å². The van der Waals surface area contributed by atoms with Crippen molar-refractivity contribution in [2.75, 3.05) is 0 Å². The number of aryl methyl sites for hydroxylation is 6. The van der Waals surface area contributed by atoms with Crippen LogP contribution in [0.1, 0.15) is 33.5 Å². The summed E-state index contributed by atoms with van der Waals surface area (Å²) >= 11 is 0. The van der Waals surface area contributed by atoms with E-state index in [1.165, 1.54) is 71.9 Å². The SMILES string of the molecule is Cc1cc(C)c(-c2c(C)nc3c4ccccc4c4cc(-c5c(C)cccc5C)ccc4n23)c(C)c1. The van der Waals surface area contributed by atoms with Gasteiger partial charge >= 0.3 is 0 Å². The molecule has 6 aromatic rings. The fourth-order valence-electron chi connectivity index (χ4n) is 6.08. The van der Waals surface area contributed by atoms with Crippen molar-refractivity contribution in [1.82, 2.24) is 9.38 Å². The minimum Gasteiger partial charge on any atom is -0.291 e. The molecule has 0 saturated heterocycles. The van der Waals surface area contributed by atoms with Crippen molar-refractivity contribution in [2.24, 2.45) is 0 Å². The van der Waals surface area contributed by atoms with Crippen molar-refractivity contribution in [1.29, 1.82) is 0 Å². The fourth-order valence-corrected chi connectivity index (χ4v) is 6.08. The molecule has 0 bridgehead atoms. The van der Waals surface area contributed by atoms with Gasteiger partial charge in [-0.25, -0.2) is 4.98 Å². The molecule has 0 amide bonds. The first-order valence-corrected chi connectivity index (χ1v) is 12.3. The van der Waals surface area contributed by atoms with Crippen molar-refractivity contribution >= 4 is 27.3 Å². The summed E-state index contributed by atoms with van der Waals surface area (Å²) in [7, 11) is 0. The average molecular weight is 455 g/mol. The lowest BCUT2D eigenvalue weighted by atomic mass is 9.93. The van der Waals surface area contributed by atoms with Crippen LogP contribution in [0.3, 0.4) is 0 Å². The van der Waals surface area contributed by atoms with E-state index in [1.54, 1.807) is 0 Å². The summed E-state index contributed by atoms with van der Waals surface area (Å²) in [6.45, 7) is 13.2. The molecule has 0 aliphatic heterocycles. The lowest BCUT2D eigenvalue weighted by Gasteiger charge is -2.16. The van der Waals surface area contributed by atoms with Crippen LogP contribution >= 0.6 is 0 Å². The zero-order chi connectivity index (χ0) is 24.4. The molecule has 35 heavy (non-hydrogen) atoms. The van der Waals surface area contributed by atoms with E-state index in [1.807, 2.05) is 0 Å². The second-order valence-electron chi connectivity index (χ2n) is 10.0. The van der Waals surface area contributed by atoms with Crippen LogP contribution in [-0.2, 0) is 0 Å². The summed E-state index contributed by atoms with van der Waals surface area (Å²) < 4.78 is 2.39. The van der Waals surface area contributed by atoms with Gasteiger partial charge in [-0.05, 0) is 92.4 Å². The summed E-state index contributed by atoms with van der Waals surface area (Å²) in [4.78, 5) is 5.14. The summed E-state index contributed by atoms with van der Waals surface area (Å²) in [6.07, 6.45) is 0. The molecule has 4 aromatic carbocycles. The highest BCUT2D eigenvalue weighted by molar-refractivity contribution is 6.13. The van der Waals surface area contributed by atoms with Gasteiger partial charge in [-0.2, -0.15) is 0 Å².